The number of urea groups is 1. The minimum atomic E-state index is -0.338. The maximum atomic E-state index is 12.7. The Morgan fingerprint density at radius 3 is 2.21 bits per heavy atom. The number of rotatable bonds is 6. The van der Waals surface area contributed by atoms with Crippen molar-refractivity contribution in [3.8, 4) is 0 Å². The third-order valence-corrected chi connectivity index (χ3v) is 6.09. The van der Waals surface area contributed by atoms with E-state index in [9.17, 15) is 9.59 Å². The second kappa shape index (κ2) is 10.7. The Hall–Kier alpha value is -3.80. The lowest BCUT2D eigenvalue weighted by atomic mass is 9.90. The number of para-hydroxylation sites is 1. The molecule has 3 aromatic rings. The van der Waals surface area contributed by atoms with Gasteiger partial charge in [0.2, 0.25) is 0 Å². The SMILES string of the molecule is CNC(=O)c1ccc(N2CCC(Cc3ccccc3)CC2)c(NC(=O)Nc2ccccc2)c1. The van der Waals surface area contributed by atoms with E-state index in [1.807, 2.05) is 42.5 Å². The number of nitrogens with zero attached hydrogens (tertiary/aromatic N) is 1. The molecular weight excluding hydrogens is 412 g/mol. The number of hydrogen-bond donors (Lipinski definition) is 3. The Morgan fingerprint density at radius 2 is 1.55 bits per heavy atom. The van der Waals surface area contributed by atoms with E-state index in [-0.39, 0.29) is 11.9 Å². The predicted octanol–water partition coefficient (Wildman–Crippen LogP) is 5.15. The van der Waals surface area contributed by atoms with Gasteiger partial charge in [0.25, 0.3) is 5.91 Å². The molecule has 4 rings (SSSR count). The van der Waals surface area contributed by atoms with Gasteiger partial charge in [-0.15, -0.1) is 0 Å². The summed E-state index contributed by atoms with van der Waals surface area (Å²) in [4.78, 5) is 27.2. The van der Waals surface area contributed by atoms with Crippen molar-refractivity contribution in [1.82, 2.24) is 5.32 Å². The first-order chi connectivity index (χ1) is 16.1. The first-order valence-electron chi connectivity index (χ1n) is 11.4. The van der Waals surface area contributed by atoms with Gasteiger partial charge in [-0.05, 0) is 61.1 Å². The number of amides is 3. The van der Waals surface area contributed by atoms with Crippen molar-refractivity contribution < 1.29 is 9.59 Å². The van der Waals surface area contributed by atoms with Crippen LogP contribution in [0.25, 0.3) is 0 Å². The van der Waals surface area contributed by atoms with Crippen LogP contribution >= 0.6 is 0 Å². The number of nitrogens with one attached hydrogen (secondary N) is 3. The van der Waals surface area contributed by atoms with E-state index in [0.717, 1.165) is 38.0 Å². The van der Waals surface area contributed by atoms with Crippen molar-refractivity contribution in [3.63, 3.8) is 0 Å². The minimum Gasteiger partial charge on any atom is -0.370 e. The number of benzene rings is 3. The minimum absolute atomic E-state index is 0.186. The van der Waals surface area contributed by atoms with Gasteiger partial charge in [-0.1, -0.05) is 48.5 Å². The van der Waals surface area contributed by atoms with Crippen LogP contribution in [0.3, 0.4) is 0 Å². The zero-order chi connectivity index (χ0) is 23.0. The molecule has 1 fully saturated rings. The highest BCUT2D eigenvalue weighted by Gasteiger charge is 2.23. The molecule has 3 aromatic carbocycles. The van der Waals surface area contributed by atoms with Crippen LogP contribution in [0.5, 0.6) is 0 Å². The molecular formula is C27H30N4O2. The van der Waals surface area contributed by atoms with Gasteiger partial charge < -0.3 is 20.9 Å². The smallest absolute Gasteiger partial charge is 0.323 e. The van der Waals surface area contributed by atoms with Gasteiger partial charge in [0.15, 0.2) is 0 Å². The Morgan fingerprint density at radius 1 is 0.879 bits per heavy atom. The van der Waals surface area contributed by atoms with E-state index < -0.39 is 0 Å². The zero-order valence-electron chi connectivity index (χ0n) is 18.9. The van der Waals surface area contributed by atoms with Crippen molar-refractivity contribution in [2.24, 2.45) is 5.92 Å². The van der Waals surface area contributed by atoms with Gasteiger partial charge in [0.05, 0.1) is 11.4 Å². The van der Waals surface area contributed by atoms with Crippen LogP contribution in [0.1, 0.15) is 28.8 Å². The first-order valence-corrected chi connectivity index (χ1v) is 11.4. The molecule has 0 aliphatic carbocycles. The lowest BCUT2D eigenvalue weighted by molar-refractivity contribution is 0.0963. The highest BCUT2D eigenvalue weighted by atomic mass is 16.2. The van der Waals surface area contributed by atoms with Crippen LogP contribution in [-0.4, -0.2) is 32.1 Å². The molecule has 1 aliphatic rings. The van der Waals surface area contributed by atoms with E-state index in [0.29, 0.717) is 22.9 Å². The number of carbonyl (C=O) groups is 2. The summed E-state index contributed by atoms with van der Waals surface area (Å²) >= 11 is 0. The summed E-state index contributed by atoms with van der Waals surface area (Å²) in [5.41, 5.74) is 4.16. The average molecular weight is 443 g/mol. The second-order valence-electron chi connectivity index (χ2n) is 8.38. The standard InChI is InChI=1S/C27H30N4O2/c1-28-26(32)22-12-13-25(24(19-22)30-27(33)29-23-10-6-3-7-11-23)31-16-14-21(15-17-31)18-20-8-4-2-5-9-20/h2-13,19,21H,14-18H2,1H3,(H,28,32)(H2,29,30,33). The van der Waals surface area contributed by atoms with Crippen LogP contribution in [0.2, 0.25) is 0 Å². The van der Waals surface area contributed by atoms with Crippen molar-refractivity contribution in [2.45, 2.75) is 19.3 Å². The highest BCUT2D eigenvalue weighted by Crippen LogP contribution is 2.32. The fourth-order valence-electron chi connectivity index (χ4n) is 4.33. The Balaban J connectivity index is 1.47. The summed E-state index contributed by atoms with van der Waals surface area (Å²) in [6.45, 7) is 1.82. The summed E-state index contributed by atoms with van der Waals surface area (Å²) < 4.78 is 0. The monoisotopic (exact) mass is 442 g/mol. The fourth-order valence-corrected chi connectivity index (χ4v) is 4.33. The van der Waals surface area contributed by atoms with E-state index in [1.165, 1.54) is 5.56 Å². The fraction of sp³-hybridized carbons (Fsp3) is 0.259. The van der Waals surface area contributed by atoms with Crippen molar-refractivity contribution in [1.29, 1.82) is 0 Å². The van der Waals surface area contributed by atoms with Crippen LogP contribution in [0.4, 0.5) is 21.9 Å². The molecule has 0 radical (unpaired) electrons. The van der Waals surface area contributed by atoms with Gasteiger partial charge in [-0.3, -0.25) is 4.79 Å². The summed E-state index contributed by atoms with van der Waals surface area (Å²) in [6, 6.07) is 25.1. The number of carbonyl (C=O) groups excluding carboxylic acids is 2. The molecule has 170 valence electrons. The van der Waals surface area contributed by atoms with E-state index in [4.69, 9.17) is 0 Å². The maximum absolute atomic E-state index is 12.7. The highest BCUT2D eigenvalue weighted by molar-refractivity contribution is 6.03. The molecule has 0 spiro atoms. The molecule has 1 aliphatic heterocycles. The van der Waals surface area contributed by atoms with Crippen molar-refractivity contribution >= 4 is 29.0 Å². The van der Waals surface area contributed by atoms with Crippen LogP contribution in [-0.2, 0) is 6.42 Å². The predicted molar refractivity (Wildman–Crippen MR) is 134 cm³/mol. The van der Waals surface area contributed by atoms with Gasteiger partial charge in [0, 0.05) is 31.4 Å². The van der Waals surface area contributed by atoms with E-state index >= 15 is 0 Å². The van der Waals surface area contributed by atoms with Gasteiger partial charge >= 0.3 is 6.03 Å². The van der Waals surface area contributed by atoms with E-state index in [1.54, 1.807) is 13.1 Å². The third-order valence-electron chi connectivity index (χ3n) is 6.09. The van der Waals surface area contributed by atoms with Gasteiger partial charge in [-0.25, -0.2) is 4.79 Å². The normalized spacial score (nSPS) is 13.9. The molecule has 0 atom stereocenters. The Labute approximate surface area is 195 Å². The largest absolute Gasteiger partial charge is 0.370 e. The maximum Gasteiger partial charge on any atom is 0.323 e. The van der Waals surface area contributed by atoms with Crippen LogP contribution < -0.4 is 20.9 Å². The molecule has 0 saturated carbocycles. The molecule has 1 heterocycles. The van der Waals surface area contributed by atoms with E-state index in [2.05, 4.69) is 51.2 Å². The lowest BCUT2D eigenvalue weighted by Gasteiger charge is -2.35. The quantitative estimate of drug-likeness (QED) is 0.494. The Bertz CT molecular complexity index is 1080. The second-order valence-corrected chi connectivity index (χ2v) is 8.38. The summed E-state index contributed by atoms with van der Waals surface area (Å²) in [5, 5.41) is 8.45. The third kappa shape index (κ3) is 5.92. The van der Waals surface area contributed by atoms with Crippen molar-refractivity contribution in [2.75, 3.05) is 35.7 Å². The summed E-state index contributed by atoms with van der Waals surface area (Å²) in [7, 11) is 1.60. The average Bonchev–Trinajstić information content (AvgIpc) is 2.85. The lowest BCUT2D eigenvalue weighted by Crippen LogP contribution is -2.35. The number of anilines is 3. The molecule has 1 saturated heterocycles. The zero-order valence-corrected chi connectivity index (χ0v) is 18.9. The number of piperidine rings is 1. The molecule has 33 heavy (non-hydrogen) atoms. The van der Waals surface area contributed by atoms with Crippen LogP contribution in [0, 0.1) is 5.92 Å². The van der Waals surface area contributed by atoms with Crippen LogP contribution in [0.15, 0.2) is 78.9 Å². The molecule has 6 nitrogen and oxygen atoms in total. The molecule has 6 heteroatoms. The molecule has 3 amide bonds. The molecule has 0 bridgehead atoms. The number of hydrogen-bond acceptors (Lipinski definition) is 3. The first kappa shape index (κ1) is 22.4. The Kier molecular flexibility index (Phi) is 7.25. The van der Waals surface area contributed by atoms with Gasteiger partial charge in [-0.2, -0.15) is 0 Å². The molecule has 3 N–H and O–H groups in total. The van der Waals surface area contributed by atoms with Gasteiger partial charge in [0.1, 0.15) is 0 Å². The molecule has 0 unspecified atom stereocenters. The molecule has 0 aromatic heterocycles. The summed E-state index contributed by atoms with van der Waals surface area (Å²) in [6.07, 6.45) is 3.26. The topological polar surface area (TPSA) is 73.5 Å². The summed E-state index contributed by atoms with van der Waals surface area (Å²) in [5.74, 6) is 0.459. The van der Waals surface area contributed by atoms with Crippen molar-refractivity contribution in [3.05, 3.63) is 90.0 Å².